The third-order valence-corrected chi connectivity index (χ3v) is 10.5. The van der Waals surface area contributed by atoms with Crippen LogP contribution in [0.5, 0.6) is 0 Å². The first kappa shape index (κ1) is 38.4. The minimum atomic E-state index is -4.44. The molecule has 3 heterocycles. The molecule has 5 aromatic rings. The SMILES string of the molecule is CC(c1cn[nH]c1)c1cn(CC(=O)N(CC(=O)N2CCN(C)CC2)Cc2ccc(-c3ccc(C(F)(F)F)cc3)cc2)c(SCc2ccc(F)cc2)nc1=O. The zero-order valence-corrected chi connectivity index (χ0v) is 30.5. The van der Waals surface area contributed by atoms with Gasteiger partial charge in [-0.15, -0.1) is 0 Å². The normalized spacial score (nSPS) is 14.2. The number of hydrogen-bond donors (Lipinski definition) is 1. The molecule has 0 spiro atoms. The zero-order valence-electron chi connectivity index (χ0n) is 29.7. The Labute approximate surface area is 313 Å². The predicted molar refractivity (Wildman–Crippen MR) is 197 cm³/mol. The van der Waals surface area contributed by atoms with Gasteiger partial charge in [-0.05, 0) is 59.1 Å². The topological polar surface area (TPSA) is 107 Å². The number of H-pyrrole nitrogens is 1. The van der Waals surface area contributed by atoms with Crippen molar-refractivity contribution in [2.45, 2.75) is 43.0 Å². The van der Waals surface area contributed by atoms with Crippen LogP contribution in [0.15, 0.2) is 101 Å². The van der Waals surface area contributed by atoms with Crippen molar-refractivity contribution in [1.29, 1.82) is 0 Å². The van der Waals surface area contributed by atoms with Crippen LogP contribution < -0.4 is 5.56 Å². The molecule has 2 aromatic heterocycles. The van der Waals surface area contributed by atoms with Crippen LogP contribution in [0.25, 0.3) is 11.1 Å². The average Bonchev–Trinajstić information content (AvgIpc) is 3.71. The van der Waals surface area contributed by atoms with E-state index in [-0.39, 0.29) is 48.3 Å². The highest BCUT2D eigenvalue weighted by atomic mass is 32.2. The number of aromatic nitrogens is 4. The second-order valence-electron chi connectivity index (χ2n) is 13.3. The number of carbonyl (C=O) groups is 2. The summed E-state index contributed by atoms with van der Waals surface area (Å²) in [4.78, 5) is 51.0. The Morgan fingerprint density at radius 2 is 1.56 bits per heavy atom. The van der Waals surface area contributed by atoms with Crippen molar-refractivity contribution in [1.82, 2.24) is 34.4 Å². The van der Waals surface area contributed by atoms with Crippen molar-refractivity contribution in [3.05, 3.63) is 135 Å². The van der Waals surface area contributed by atoms with E-state index in [9.17, 15) is 31.9 Å². The second kappa shape index (κ2) is 16.8. The Morgan fingerprint density at radius 1 is 0.926 bits per heavy atom. The maximum atomic E-state index is 14.3. The zero-order chi connectivity index (χ0) is 38.4. The molecule has 0 aliphatic carbocycles. The molecule has 1 fully saturated rings. The fourth-order valence-electron chi connectivity index (χ4n) is 6.10. The highest BCUT2D eigenvalue weighted by Gasteiger charge is 2.30. The minimum absolute atomic E-state index is 0.0789. The number of likely N-dealkylation sites (N-methyl/N-ethyl adjacent to an activating group) is 1. The van der Waals surface area contributed by atoms with Gasteiger partial charge in [0.1, 0.15) is 18.9 Å². The van der Waals surface area contributed by atoms with Crippen LogP contribution in [0.2, 0.25) is 0 Å². The number of nitrogens with one attached hydrogen (secondary N) is 1. The molecule has 282 valence electrons. The van der Waals surface area contributed by atoms with Crippen molar-refractivity contribution >= 4 is 23.6 Å². The van der Waals surface area contributed by atoms with Crippen molar-refractivity contribution in [3.63, 3.8) is 0 Å². The van der Waals surface area contributed by atoms with Crippen molar-refractivity contribution in [2.75, 3.05) is 39.8 Å². The number of benzene rings is 3. The molecular weight excluding hydrogens is 723 g/mol. The first-order chi connectivity index (χ1) is 25.8. The molecule has 2 amide bonds. The van der Waals surface area contributed by atoms with Crippen molar-refractivity contribution < 1.29 is 27.2 Å². The van der Waals surface area contributed by atoms with E-state index in [1.54, 1.807) is 64.5 Å². The molecule has 10 nitrogen and oxygen atoms in total. The average molecular weight is 762 g/mol. The Morgan fingerprint density at radius 3 is 2.17 bits per heavy atom. The lowest BCUT2D eigenvalue weighted by molar-refractivity contribution is -0.142. The molecule has 1 N–H and O–H groups in total. The molecule has 1 atom stereocenters. The van der Waals surface area contributed by atoms with Crippen LogP contribution in [0.4, 0.5) is 17.6 Å². The van der Waals surface area contributed by atoms with E-state index in [2.05, 4.69) is 20.1 Å². The summed E-state index contributed by atoms with van der Waals surface area (Å²) in [5, 5.41) is 7.04. The van der Waals surface area contributed by atoms with Crippen LogP contribution in [-0.2, 0) is 34.6 Å². The first-order valence-electron chi connectivity index (χ1n) is 17.3. The fourth-order valence-corrected chi connectivity index (χ4v) is 7.02. The van der Waals surface area contributed by atoms with Crippen LogP contribution in [0.1, 0.15) is 40.7 Å². The summed E-state index contributed by atoms with van der Waals surface area (Å²) in [5.74, 6) is -0.993. The van der Waals surface area contributed by atoms with Gasteiger partial charge in [0, 0.05) is 62.4 Å². The summed E-state index contributed by atoms with van der Waals surface area (Å²) < 4.78 is 54.5. The summed E-state index contributed by atoms with van der Waals surface area (Å²) in [6.07, 6.45) is 0.487. The summed E-state index contributed by atoms with van der Waals surface area (Å²) in [6.45, 7) is 3.98. The first-order valence-corrected chi connectivity index (χ1v) is 18.3. The Balaban J connectivity index is 1.28. The highest BCUT2D eigenvalue weighted by Crippen LogP contribution is 2.31. The lowest BCUT2D eigenvalue weighted by Crippen LogP contribution is -2.51. The van der Waals surface area contributed by atoms with E-state index in [1.165, 1.54) is 40.9 Å². The molecular formula is C39H39F4N7O3S. The highest BCUT2D eigenvalue weighted by molar-refractivity contribution is 7.98. The lowest BCUT2D eigenvalue weighted by atomic mass is 9.98. The van der Waals surface area contributed by atoms with E-state index >= 15 is 0 Å². The number of hydrogen-bond acceptors (Lipinski definition) is 7. The van der Waals surface area contributed by atoms with Crippen molar-refractivity contribution in [3.8, 4) is 11.1 Å². The molecule has 0 saturated carbocycles. The molecule has 6 rings (SSSR count). The molecule has 1 aliphatic rings. The molecule has 1 saturated heterocycles. The molecule has 0 bridgehead atoms. The van der Waals surface area contributed by atoms with Gasteiger partial charge in [0.05, 0.1) is 11.8 Å². The van der Waals surface area contributed by atoms with Gasteiger partial charge in [0.15, 0.2) is 5.16 Å². The monoisotopic (exact) mass is 761 g/mol. The fraction of sp³-hybridized carbons (Fsp3) is 0.308. The Kier molecular flexibility index (Phi) is 12.0. The molecule has 0 radical (unpaired) electrons. The molecule has 1 aliphatic heterocycles. The standard InChI is InChI=1S/C39H39F4N7O3S/c1-26(31-19-44-45-20-31)34-22-50(38(46-37(34)53)54-25-28-5-13-33(40)14-6-28)24-36(52)49(23-35(51)48-17-15-47(2)16-18-48)21-27-3-7-29(8-4-27)30-9-11-32(12-10-30)39(41,42)43/h3-14,19-20,22,26H,15-18,21,23-25H2,1-2H3,(H,44,45). The number of amides is 2. The van der Waals surface area contributed by atoms with E-state index in [4.69, 9.17) is 0 Å². The summed E-state index contributed by atoms with van der Waals surface area (Å²) >= 11 is 1.23. The van der Waals surface area contributed by atoms with Crippen LogP contribution >= 0.6 is 11.8 Å². The maximum absolute atomic E-state index is 14.3. The van der Waals surface area contributed by atoms with Crippen molar-refractivity contribution in [2.24, 2.45) is 0 Å². The van der Waals surface area contributed by atoms with Gasteiger partial charge in [0.2, 0.25) is 11.8 Å². The molecule has 3 aromatic carbocycles. The van der Waals surface area contributed by atoms with E-state index < -0.39 is 17.3 Å². The number of nitrogens with zero attached hydrogens (tertiary/aromatic N) is 6. The largest absolute Gasteiger partial charge is 0.416 e. The summed E-state index contributed by atoms with van der Waals surface area (Å²) in [6, 6.07) is 18.0. The van der Waals surface area contributed by atoms with Crippen LogP contribution in [0.3, 0.4) is 0 Å². The quantitative estimate of drug-likeness (QED) is 0.0940. The van der Waals surface area contributed by atoms with Gasteiger partial charge in [-0.3, -0.25) is 19.5 Å². The van der Waals surface area contributed by atoms with E-state index in [0.29, 0.717) is 54.2 Å². The van der Waals surface area contributed by atoms with Gasteiger partial charge in [-0.2, -0.15) is 23.3 Å². The van der Waals surface area contributed by atoms with Gasteiger partial charge < -0.3 is 19.3 Å². The predicted octanol–water partition coefficient (Wildman–Crippen LogP) is 6.04. The molecule has 54 heavy (non-hydrogen) atoms. The number of aromatic amines is 1. The van der Waals surface area contributed by atoms with E-state index in [0.717, 1.165) is 23.3 Å². The summed E-state index contributed by atoms with van der Waals surface area (Å²) in [5.41, 5.74) is 2.73. The number of piperazine rings is 1. The number of thioether (sulfide) groups is 1. The number of carbonyl (C=O) groups excluding carboxylic acids is 2. The lowest BCUT2D eigenvalue weighted by Gasteiger charge is -2.34. The van der Waals surface area contributed by atoms with Crippen LogP contribution in [-0.4, -0.2) is 86.0 Å². The van der Waals surface area contributed by atoms with Gasteiger partial charge >= 0.3 is 6.18 Å². The minimum Gasteiger partial charge on any atom is -0.339 e. The number of alkyl halides is 3. The number of halogens is 4. The van der Waals surface area contributed by atoms with Gasteiger partial charge in [-0.25, -0.2) is 4.39 Å². The number of rotatable bonds is 12. The molecule has 1 unspecified atom stereocenters. The second-order valence-corrected chi connectivity index (χ2v) is 14.2. The van der Waals surface area contributed by atoms with Gasteiger partial charge in [-0.1, -0.05) is 67.2 Å². The molecule has 15 heteroatoms. The van der Waals surface area contributed by atoms with Gasteiger partial charge in [0.25, 0.3) is 5.56 Å². The Hall–Kier alpha value is -5.28. The summed E-state index contributed by atoms with van der Waals surface area (Å²) in [7, 11) is 1.98. The maximum Gasteiger partial charge on any atom is 0.416 e. The van der Waals surface area contributed by atoms with E-state index in [1.807, 2.05) is 14.0 Å². The third-order valence-electron chi connectivity index (χ3n) is 9.47. The smallest absolute Gasteiger partial charge is 0.339 e. The van der Waals surface area contributed by atoms with Crippen LogP contribution in [0, 0.1) is 5.82 Å². The Bertz CT molecular complexity index is 2100. The third kappa shape index (κ3) is 9.63.